The Labute approximate surface area is 205 Å². The first-order valence-corrected chi connectivity index (χ1v) is 13.2. The standard InChI is InChI=1S/C24H31N5O5S/c1-24(2,3)34-23(31)28-12-9-21(10-13-28)35(32,33)20-6-4-18(5-7-20)29(19-8-11-26-27-16-19)22(30)17-14-25-15-17/h4-8,11,16-17,21,25H,9-10,12-15H2,1-3H3. The van der Waals surface area contributed by atoms with Crippen molar-refractivity contribution in [2.45, 2.75) is 49.4 Å². The maximum absolute atomic E-state index is 13.3. The molecule has 10 nitrogen and oxygen atoms in total. The minimum Gasteiger partial charge on any atom is -0.444 e. The zero-order chi connectivity index (χ0) is 25.2. The Morgan fingerprint density at radius 3 is 2.20 bits per heavy atom. The molecule has 0 bridgehead atoms. The Morgan fingerprint density at radius 2 is 1.69 bits per heavy atom. The van der Waals surface area contributed by atoms with Crippen molar-refractivity contribution in [3.05, 3.63) is 42.7 Å². The van der Waals surface area contributed by atoms with E-state index in [1.165, 1.54) is 12.4 Å². The molecule has 11 heteroatoms. The first-order chi connectivity index (χ1) is 16.6. The van der Waals surface area contributed by atoms with Gasteiger partial charge < -0.3 is 15.0 Å². The molecule has 0 saturated carbocycles. The smallest absolute Gasteiger partial charge is 0.410 e. The van der Waals surface area contributed by atoms with Gasteiger partial charge in [-0.2, -0.15) is 10.2 Å². The first kappa shape index (κ1) is 25.1. The van der Waals surface area contributed by atoms with E-state index in [9.17, 15) is 18.0 Å². The maximum Gasteiger partial charge on any atom is 0.410 e. The molecule has 188 valence electrons. The van der Waals surface area contributed by atoms with Crippen LogP contribution < -0.4 is 10.2 Å². The molecule has 35 heavy (non-hydrogen) atoms. The lowest BCUT2D eigenvalue weighted by Crippen LogP contribution is -2.51. The van der Waals surface area contributed by atoms with Gasteiger partial charge in [-0.15, -0.1) is 0 Å². The van der Waals surface area contributed by atoms with Crippen molar-refractivity contribution in [3.8, 4) is 0 Å². The van der Waals surface area contributed by atoms with E-state index < -0.39 is 26.8 Å². The Hall–Kier alpha value is -3.05. The van der Waals surface area contributed by atoms with Crippen LogP contribution in [0.2, 0.25) is 0 Å². The summed E-state index contributed by atoms with van der Waals surface area (Å²) >= 11 is 0. The van der Waals surface area contributed by atoms with Gasteiger partial charge in [0, 0.05) is 31.9 Å². The second kappa shape index (κ2) is 9.90. The highest BCUT2D eigenvalue weighted by molar-refractivity contribution is 7.92. The highest BCUT2D eigenvalue weighted by atomic mass is 32.2. The van der Waals surface area contributed by atoms with E-state index in [2.05, 4.69) is 15.5 Å². The summed E-state index contributed by atoms with van der Waals surface area (Å²) in [6.07, 6.45) is 3.27. The molecule has 0 unspecified atom stereocenters. The number of sulfone groups is 1. The molecule has 0 spiro atoms. The normalized spacial score (nSPS) is 17.5. The molecular formula is C24H31N5O5S. The third kappa shape index (κ3) is 5.62. The first-order valence-electron chi connectivity index (χ1n) is 11.7. The third-order valence-electron chi connectivity index (χ3n) is 6.13. The van der Waals surface area contributed by atoms with E-state index >= 15 is 0 Å². The van der Waals surface area contributed by atoms with Gasteiger partial charge in [0.1, 0.15) is 5.60 Å². The number of likely N-dealkylation sites (tertiary alicyclic amines) is 1. The molecule has 2 aliphatic heterocycles. The van der Waals surface area contributed by atoms with Gasteiger partial charge in [0.15, 0.2) is 9.84 Å². The molecule has 0 atom stereocenters. The number of aromatic nitrogens is 2. The Kier molecular flexibility index (Phi) is 7.09. The van der Waals surface area contributed by atoms with Gasteiger partial charge in [-0.1, -0.05) is 0 Å². The molecular weight excluding hydrogens is 470 g/mol. The number of anilines is 2. The summed E-state index contributed by atoms with van der Waals surface area (Å²) in [4.78, 5) is 28.7. The summed E-state index contributed by atoms with van der Waals surface area (Å²) in [7, 11) is -3.60. The predicted molar refractivity (Wildman–Crippen MR) is 130 cm³/mol. The summed E-state index contributed by atoms with van der Waals surface area (Å²) in [5, 5.41) is 10.2. The molecule has 2 amide bonds. The van der Waals surface area contributed by atoms with Crippen molar-refractivity contribution in [1.82, 2.24) is 20.4 Å². The summed E-state index contributed by atoms with van der Waals surface area (Å²) in [5.41, 5.74) is 0.536. The van der Waals surface area contributed by atoms with Crippen molar-refractivity contribution in [1.29, 1.82) is 0 Å². The summed E-state index contributed by atoms with van der Waals surface area (Å²) in [6, 6.07) is 8.07. The molecule has 4 rings (SSSR count). The topological polar surface area (TPSA) is 122 Å². The van der Waals surface area contributed by atoms with Crippen LogP contribution in [-0.4, -0.2) is 72.5 Å². The second-order valence-corrected chi connectivity index (χ2v) is 12.1. The van der Waals surface area contributed by atoms with Crippen LogP contribution >= 0.6 is 0 Å². The largest absolute Gasteiger partial charge is 0.444 e. The minimum atomic E-state index is -3.60. The van der Waals surface area contributed by atoms with Crippen LogP contribution in [0.25, 0.3) is 0 Å². The molecule has 2 saturated heterocycles. The minimum absolute atomic E-state index is 0.0816. The van der Waals surface area contributed by atoms with Crippen LogP contribution in [0.5, 0.6) is 0 Å². The van der Waals surface area contributed by atoms with Crippen LogP contribution in [0.3, 0.4) is 0 Å². The number of benzene rings is 1. The van der Waals surface area contributed by atoms with Crippen molar-refractivity contribution in [2.24, 2.45) is 5.92 Å². The Morgan fingerprint density at radius 1 is 1.03 bits per heavy atom. The van der Waals surface area contributed by atoms with Crippen molar-refractivity contribution < 1.29 is 22.7 Å². The van der Waals surface area contributed by atoms with Crippen LogP contribution in [0.4, 0.5) is 16.2 Å². The molecule has 3 heterocycles. The maximum atomic E-state index is 13.3. The number of rotatable bonds is 5. The number of nitrogens with zero attached hydrogens (tertiary/aromatic N) is 4. The fraction of sp³-hybridized carbons (Fsp3) is 0.500. The fourth-order valence-electron chi connectivity index (χ4n) is 4.12. The van der Waals surface area contributed by atoms with E-state index in [-0.39, 0.29) is 16.7 Å². The highest BCUT2D eigenvalue weighted by Gasteiger charge is 2.35. The van der Waals surface area contributed by atoms with Gasteiger partial charge in [0.25, 0.3) is 0 Å². The van der Waals surface area contributed by atoms with Crippen molar-refractivity contribution in [3.63, 3.8) is 0 Å². The Bertz CT molecular complexity index is 1150. The van der Waals surface area contributed by atoms with Gasteiger partial charge in [0.05, 0.1) is 34.1 Å². The van der Waals surface area contributed by atoms with Crippen molar-refractivity contribution >= 4 is 33.2 Å². The molecule has 2 aromatic rings. The Balaban J connectivity index is 1.48. The van der Waals surface area contributed by atoms with E-state index in [0.29, 0.717) is 50.4 Å². The van der Waals surface area contributed by atoms with Gasteiger partial charge >= 0.3 is 6.09 Å². The lowest BCUT2D eigenvalue weighted by Gasteiger charge is -2.33. The summed E-state index contributed by atoms with van der Waals surface area (Å²) < 4.78 is 32.0. The second-order valence-electron chi connectivity index (χ2n) is 9.84. The molecule has 1 N–H and O–H groups in total. The molecule has 2 aliphatic rings. The zero-order valence-electron chi connectivity index (χ0n) is 20.2. The molecule has 0 aliphatic carbocycles. The van der Waals surface area contributed by atoms with Crippen molar-refractivity contribution in [2.75, 3.05) is 31.1 Å². The number of hydrogen-bond donors (Lipinski definition) is 1. The summed E-state index contributed by atoms with van der Waals surface area (Å²) in [6.45, 7) is 7.25. The lowest BCUT2D eigenvalue weighted by atomic mass is 10.0. The number of carbonyl (C=O) groups is 2. The number of nitrogens with one attached hydrogen (secondary N) is 1. The molecule has 1 aromatic heterocycles. The number of carbonyl (C=O) groups excluding carboxylic acids is 2. The number of piperidine rings is 1. The van der Waals surface area contributed by atoms with Crippen LogP contribution in [0.15, 0.2) is 47.6 Å². The van der Waals surface area contributed by atoms with Crippen LogP contribution in [0, 0.1) is 5.92 Å². The zero-order valence-corrected chi connectivity index (χ0v) is 21.0. The lowest BCUT2D eigenvalue weighted by molar-refractivity contribution is -0.123. The van der Waals surface area contributed by atoms with Crippen LogP contribution in [0.1, 0.15) is 33.6 Å². The quantitative estimate of drug-likeness (QED) is 0.663. The van der Waals surface area contributed by atoms with Gasteiger partial charge in [-0.25, -0.2) is 13.2 Å². The molecule has 0 radical (unpaired) electrons. The third-order valence-corrected chi connectivity index (χ3v) is 8.41. The average Bonchev–Trinajstić information content (AvgIpc) is 2.78. The number of hydrogen-bond acceptors (Lipinski definition) is 8. The average molecular weight is 502 g/mol. The van der Waals surface area contributed by atoms with Crippen LogP contribution in [-0.2, 0) is 19.4 Å². The van der Waals surface area contributed by atoms with E-state index in [0.717, 1.165) is 0 Å². The van der Waals surface area contributed by atoms with E-state index in [1.54, 1.807) is 60.9 Å². The van der Waals surface area contributed by atoms with Gasteiger partial charge in [0.2, 0.25) is 5.91 Å². The summed E-state index contributed by atoms with van der Waals surface area (Å²) in [5.74, 6) is -0.233. The fourth-order valence-corrected chi connectivity index (χ4v) is 5.85. The van der Waals surface area contributed by atoms with E-state index in [1.807, 2.05) is 0 Å². The van der Waals surface area contributed by atoms with Gasteiger partial charge in [-0.05, 0) is 63.9 Å². The SMILES string of the molecule is CC(C)(C)OC(=O)N1CCC(S(=O)(=O)c2ccc(N(C(=O)C3CNC3)c3ccnnc3)cc2)CC1. The number of ether oxygens (including phenoxy) is 1. The molecule has 1 aromatic carbocycles. The number of amides is 2. The monoisotopic (exact) mass is 501 g/mol. The predicted octanol–water partition coefficient (Wildman–Crippen LogP) is 2.53. The van der Waals surface area contributed by atoms with E-state index in [4.69, 9.17) is 4.74 Å². The van der Waals surface area contributed by atoms with Gasteiger partial charge in [-0.3, -0.25) is 9.69 Å². The molecule has 2 fully saturated rings. The highest BCUT2D eigenvalue weighted by Crippen LogP contribution is 2.31.